The van der Waals surface area contributed by atoms with E-state index in [1.165, 1.54) is 77.0 Å². The average molecular weight is 471 g/mol. The molecule has 0 aromatic rings. The molecule has 1 heteroatoms. The van der Waals surface area contributed by atoms with Crippen molar-refractivity contribution in [2.75, 3.05) is 6.61 Å². The van der Waals surface area contributed by atoms with Crippen molar-refractivity contribution in [1.82, 2.24) is 0 Å². The van der Waals surface area contributed by atoms with Crippen molar-refractivity contribution in [3.05, 3.63) is 12.2 Å². The van der Waals surface area contributed by atoms with Gasteiger partial charge in [0.15, 0.2) is 0 Å². The van der Waals surface area contributed by atoms with Crippen LogP contribution in [0, 0.1) is 41.4 Å². The molecule has 0 aromatic heterocycles. The van der Waals surface area contributed by atoms with Gasteiger partial charge in [-0.05, 0) is 119 Å². The van der Waals surface area contributed by atoms with Crippen LogP contribution in [0.25, 0.3) is 0 Å². The van der Waals surface area contributed by atoms with E-state index >= 15 is 0 Å². The topological polar surface area (TPSA) is 9.23 Å². The van der Waals surface area contributed by atoms with E-state index < -0.39 is 0 Å². The van der Waals surface area contributed by atoms with Crippen LogP contribution >= 0.6 is 0 Å². The predicted molar refractivity (Wildman–Crippen MR) is 147 cm³/mol. The SMILES string of the molecule is CCCCCC1CCC(C2CCC(C3CCC(OCC4C=CC(CCC)CC4)CC3)CC2)CC1. The monoisotopic (exact) mass is 470 g/mol. The second-order valence-electron chi connectivity index (χ2n) is 13.1. The maximum absolute atomic E-state index is 6.44. The van der Waals surface area contributed by atoms with Crippen LogP contribution in [-0.4, -0.2) is 12.7 Å². The second kappa shape index (κ2) is 14.4. The molecule has 0 aromatic carbocycles. The van der Waals surface area contributed by atoms with E-state index in [-0.39, 0.29) is 0 Å². The molecule has 0 N–H and O–H groups in total. The predicted octanol–water partition coefficient (Wildman–Crippen LogP) is 10.1. The summed E-state index contributed by atoms with van der Waals surface area (Å²) in [7, 11) is 0. The molecule has 4 rings (SSSR count). The zero-order valence-corrected chi connectivity index (χ0v) is 23.0. The number of ether oxygens (including phenoxy) is 1. The lowest BCUT2D eigenvalue weighted by Crippen LogP contribution is -2.31. The minimum absolute atomic E-state index is 0.557. The Hall–Kier alpha value is -0.300. The van der Waals surface area contributed by atoms with Gasteiger partial charge in [-0.25, -0.2) is 0 Å². The Morgan fingerprint density at radius 1 is 0.529 bits per heavy atom. The van der Waals surface area contributed by atoms with Crippen LogP contribution in [0.1, 0.15) is 142 Å². The summed E-state index contributed by atoms with van der Waals surface area (Å²) in [6.45, 7) is 5.63. The van der Waals surface area contributed by atoms with Gasteiger partial charge in [-0.1, -0.05) is 70.9 Å². The minimum Gasteiger partial charge on any atom is -0.378 e. The van der Waals surface area contributed by atoms with Crippen LogP contribution in [-0.2, 0) is 4.74 Å². The van der Waals surface area contributed by atoms with Gasteiger partial charge in [0.2, 0.25) is 0 Å². The Labute approximate surface area is 213 Å². The van der Waals surface area contributed by atoms with Crippen molar-refractivity contribution in [1.29, 1.82) is 0 Å². The lowest BCUT2D eigenvalue weighted by molar-refractivity contribution is -0.00676. The summed E-state index contributed by atoms with van der Waals surface area (Å²) in [6, 6.07) is 0. The summed E-state index contributed by atoms with van der Waals surface area (Å²) in [4.78, 5) is 0. The second-order valence-corrected chi connectivity index (χ2v) is 13.1. The smallest absolute Gasteiger partial charge is 0.0575 e. The summed E-state index contributed by atoms with van der Waals surface area (Å²) >= 11 is 0. The quantitative estimate of drug-likeness (QED) is 0.215. The van der Waals surface area contributed by atoms with Crippen molar-refractivity contribution in [2.24, 2.45) is 41.4 Å². The number of unbranched alkanes of at least 4 members (excludes halogenated alkanes) is 2. The molecular weight excluding hydrogens is 412 g/mol. The minimum atomic E-state index is 0.557. The first kappa shape index (κ1) is 26.8. The Morgan fingerprint density at radius 3 is 1.59 bits per heavy atom. The molecule has 0 radical (unpaired) electrons. The van der Waals surface area contributed by atoms with Gasteiger partial charge in [0.05, 0.1) is 12.7 Å². The van der Waals surface area contributed by atoms with Gasteiger partial charge in [-0.2, -0.15) is 0 Å². The van der Waals surface area contributed by atoms with E-state index in [2.05, 4.69) is 26.0 Å². The highest BCUT2D eigenvalue weighted by molar-refractivity contribution is 4.98. The van der Waals surface area contributed by atoms with Gasteiger partial charge in [-0.3, -0.25) is 0 Å². The molecule has 1 nitrogen and oxygen atoms in total. The van der Waals surface area contributed by atoms with Gasteiger partial charge < -0.3 is 4.74 Å². The standard InChI is InChI=1S/C33H58O/c1-3-5-6-8-27-13-15-29(16-14-27)30-17-19-31(20-18-30)32-21-23-33(24-22-32)34-25-28-11-9-26(7-4-2)10-12-28/h9,11,26-33H,3-8,10,12-25H2,1-2H3. The van der Waals surface area contributed by atoms with Crippen LogP contribution in [0.4, 0.5) is 0 Å². The molecule has 2 atom stereocenters. The molecule has 0 heterocycles. The van der Waals surface area contributed by atoms with E-state index in [0.717, 1.165) is 42.1 Å². The largest absolute Gasteiger partial charge is 0.378 e. The molecular formula is C33H58O. The molecule has 196 valence electrons. The molecule has 0 amide bonds. The molecule has 0 spiro atoms. The van der Waals surface area contributed by atoms with Crippen molar-refractivity contribution in [2.45, 2.75) is 148 Å². The lowest BCUT2D eigenvalue weighted by Gasteiger charge is -2.41. The van der Waals surface area contributed by atoms with E-state index in [9.17, 15) is 0 Å². The molecule has 3 saturated carbocycles. The van der Waals surface area contributed by atoms with Crippen molar-refractivity contribution in [3.63, 3.8) is 0 Å². The molecule has 34 heavy (non-hydrogen) atoms. The first-order valence-electron chi connectivity index (χ1n) is 16.0. The van der Waals surface area contributed by atoms with E-state index in [1.807, 2.05) is 0 Å². The normalized spacial score (nSPS) is 39.2. The van der Waals surface area contributed by atoms with Gasteiger partial charge in [0, 0.05) is 5.92 Å². The zero-order valence-electron chi connectivity index (χ0n) is 23.0. The van der Waals surface area contributed by atoms with E-state index in [0.29, 0.717) is 12.0 Å². The number of hydrogen-bond donors (Lipinski definition) is 0. The Bertz CT molecular complexity index is 557. The summed E-state index contributed by atoms with van der Waals surface area (Å²) in [6.07, 6.45) is 34.8. The highest BCUT2D eigenvalue weighted by Gasteiger charge is 2.35. The van der Waals surface area contributed by atoms with Gasteiger partial charge in [0.25, 0.3) is 0 Å². The van der Waals surface area contributed by atoms with Gasteiger partial charge >= 0.3 is 0 Å². The maximum atomic E-state index is 6.44. The Balaban J connectivity index is 1.07. The number of rotatable bonds is 11. The highest BCUT2D eigenvalue weighted by atomic mass is 16.5. The third-order valence-electron chi connectivity index (χ3n) is 10.7. The Kier molecular flexibility index (Phi) is 11.4. The van der Waals surface area contributed by atoms with Crippen LogP contribution in [0.2, 0.25) is 0 Å². The summed E-state index contributed by atoms with van der Waals surface area (Å²) < 4.78 is 6.44. The van der Waals surface area contributed by atoms with Crippen molar-refractivity contribution < 1.29 is 4.74 Å². The average Bonchev–Trinajstić information content (AvgIpc) is 2.89. The van der Waals surface area contributed by atoms with Gasteiger partial charge in [-0.15, -0.1) is 0 Å². The zero-order chi connectivity index (χ0) is 23.6. The third kappa shape index (κ3) is 8.11. The van der Waals surface area contributed by atoms with Crippen molar-refractivity contribution in [3.8, 4) is 0 Å². The van der Waals surface area contributed by atoms with Crippen molar-refractivity contribution >= 4 is 0 Å². The molecule has 0 bridgehead atoms. The fourth-order valence-electron chi connectivity index (χ4n) is 8.39. The fourth-order valence-corrected chi connectivity index (χ4v) is 8.39. The van der Waals surface area contributed by atoms with Crippen LogP contribution in [0.15, 0.2) is 12.2 Å². The molecule has 2 unspecified atom stereocenters. The lowest BCUT2D eigenvalue weighted by atomic mass is 9.65. The first-order chi connectivity index (χ1) is 16.7. The highest BCUT2D eigenvalue weighted by Crippen LogP contribution is 2.46. The molecule has 4 aliphatic rings. The van der Waals surface area contributed by atoms with Crippen LogP contribution < -0.4 is 0 Å². The van der Waals surface area contributed by atoms with E-state index in [1.54, 1.807) is 51.4 Å². The molecule has 4 aliphatic carbocycles. The Morgan fingerprint density at radius 2 is 1.06 bits per heavy atom. The molecule has 0 saturated heterocycles. The number of allylic oxidation sites excluding steroid dienone is 1. The van der Waals surface area contributed by atoms with E-state index in [4.69, 9.17) is 4.74 Å². The summed E-state index contributed by atoms with van der Waals surface area (Å²) in [5.41, 5.74) is 0. The maximum Gasteiger partial charge on any atom is 0.0575 e. The molecule has 3 fully saturated rings. The molecule has 0 aliphatic heterocycles. The third-order valence-corrected chi connectivity index (χ3v) is 10.7. The van der Waals surface area contributed by atoms with Gasteiger partial charge in [0.1, 0.15) is 0 Å². The fraction of sp³-hybridized carbons (Fsp3) is 0.939. The summed E-state index contributed by atoms with van der Waals surface area (Å²) in [5, 5.41) is 0. The number of hydrogen-bond acceptors (Lipinski definition) is 1. The summed E-state index contributed by atoms with van der Waals surface area (Å²) in [5.74, 6) is 6.82. The first-order valence-corrected chi connectivity index (χ1v) is 16.0. The van der Waals surface area contributed by atoms with Crippen LogP contribution in [0.5, 0.6) is 0 Å². The van der Waals surface area contributed by atoms with Crippen LogP contribution in [0.3, 0.4) is 0 Å².